The van der Waals surface area contributed by atoms with Gasteiger partial charge in [0.05, 0.1) is 5.69 Å². The molecule has 1 aliphatic rings. The van der Waals surface area contributed by atoms with Gasteiger partial charge >= 0.3 is 5.97 Å². The Bertz CT molecular complexity index is 653. The third kappa shape index (κ3) is 2.65. The van der Waals surface area contributed by atoms with Crippen LogP contribution in [0.2, 0.25) is 0 Å². The summed E-state index contributed by atoms with van der Waals surface area (Å²) in [6.07, 6.45) is 1.99. The van der Waals surface area contributed by atoms with Crippen molar-refractivity contribution in [3.8, 4) is 0 Å². The summed E-state index contributed by atoms with van der Waals surface area (Å²) in [7, 11) is 0. The minimum Gasteiger partial charge on any atom is -0.481 e. The molecule has 0 atom stereocenters. The minimum absolute atomic E-state index is 0.342. The van der Waals surface area contributed by atoms with Crippen LogP contribution in [0.1, 0.15) is 30.7 Å². The van der Waals surface area contributed by atoms with Crippen LogP contribution >= 0.6 is 11.3 Å². The summed E-state index contributed by atoms with van der Waals surface area (Å²) in [6.45, 7) is 3.36. The number of carbonyl (C=O) groups is 1. The number of carboxylic acid groups (broad SMARTS) is 1. The van der Waals surface area contributed by atoms with Gasteiger partial charge in [0.25, 0.3) is 0 Å². The molecule has 0 radical (unpaired) electrons. The zero-order valence-corrected chi connectivity index (χ0v) is 12.9. The molecule has 1 aromatic heterocycles. The molecule has 0 spiro atoms. The van der Waals surface area contributed by atoms with Gasteiger partial charge in [-0.05, 0) is 37.8 Å². The second kappa shape index (κ2) is 5.15. The van der Waals surface area contributed by atoms with Crippen LogP contribution in [-0.4, -0.2) is 22.1 Å². The molecular weight excluding hydrogens is 284 g/mol. The van der Waals surface area contributed by atoms with Gasteiger partial charge in [-0.1, -0.05) is 24.3 Å². The highest BCUT2D eigenvalue weighted by atomic mass is 32.1. The number of nitrogens with zero attached hydrogens (tertiary/aromatic N) is 1. The molecule has 0 bridgehead atoms. The highest BCUT2D eigenvalue weighted by molar-refractivity contribution is 7.13. The first-order valence-corrected chi connectivity index (χ1v) is 7.87. The predicted octanol–water partition coefficient (Wildman–Crippen LogP) is 3.08. The van der Waals surface area contributed by atoms with Gasteiger partial charge in [0, 0.05) is 11.4 Å². The second-order valence-corrected chi connectivity index (χ2v) is 6.84. The zero-order valence-electron chi connectivity index (χ0n) is 12.1. The molecule has 0 aliphatic heterocycles. The average Bonchev–Trinajstić information content (AvgIpc) is 3.04. The zero-order chi connectivity index (χ0) is 15.0. The molecule has 0 saturated carbocycles. The number of fused-ring (bicyclic) bond motifs is 1. The number of aliphatic carboxylic acids is 1. The molecule has 0 saturated heterocycles. The summed E-state index contributed by atoms with van der Waals surface area (Å²) < 4.78 is 0. The number of carboxylic acids is 1. The van der Waals surface area contributed by atoms with Crippen molar-refractivity contribution < 1.29 is 9.90 Å². The van der Waals surface area contributed by atoms with Gasteiger partial charge in [0.2, 0.25) is 0 Å². The molecular formula is C16H18N2O2S. The quantitative estimate of drug-likeness (QED) is 0.911. The third-order valence-electron chi connectivity index (χ3n) is 4.06. The predicted molar refractivity (Wildman–Crippen MR) is 84.0 cm³/mol. The number of hydrogen-bond donors (Lipinski definition) is 2. The van der Waals surface area contributed by atoms with Crippen LogP contribution in [0.4, 0.5) is 5.13 Å². The standard InChI is InChI=1S/C16H18N2O2S/c1-16(2,14(19)20)13-9-21-15(18-13)17-12-7-10-5-3-4-6-11(10)8-12/h3-6,9,12H,7-8H2,1-2H3,(H,17,18)(H,19,20). The maximum absolute atomic E-state index is 11.3. The molecule has 1 aromatic carbocycles. The van der Waals surface area contributed by atoms with Crippen molar-refractivity contribution in [1.29, 1.82) is 0 Å². The number of aromatic nitrogens is 1. The van der Waals surface area contributed by atoms with E-state index in [1.54, 1.807) is 13.8 Å². The lowest BCUT2D eigenvalue weighted by Crippen LogP contribution is -2.29. The fourth-order valence-corrected chi connectivity index (χ4v) is 3.53. The van der Waals surface area contributed by atoms with Crippen LogP contribution in [-0.2, 0) is 23.1 Å². The number of benzene rings is 1. The molecule has 110 valence electrons. The number of anilines is 1. The molecule has 0 amide bonds. The fourth-order valence-electron chi connectivity index (χ4n) is 2.57. The van der Waals surface area contributed by atoms with Gasteiger partial charge in [0.15, 0.2) is 5.13 Å². The Balaban J connectivity index is 1.71. The van der Waals surface area contributed by atoms with Crippen molar-refractivity contribution in [3.63, 3.8) is 0 Å². The van der Waals surface area contributed by atoms with E-state index in [0.29, 0.717) is 11.7 Å². The van der Waals surface area contributed by atoms with Gasteiger partial charge < -0.3 is 10.4 Å². The van der Waals surface area contributed by atoms with E-state index in [4.69, 9.17) is 0 Å². The highest BCUT2D eigenvalue weighted by Gasteiger charge is 2.32. The van der Waals surface area contributed by atoms with E-state index in [1.165, 1.54) is 22.5 Å². The van der Waals surface area contributed by atoms with Crippen LogP contribution < -0.4 is 5.32 Å². The van der Waals surface area contributed by atoms with Crippen molar-refractivity contribution in [1.82, 2.24) is 4.98 Å². The molecule has 2 aromatic rings. The third-order valence-corrected chi connectivity index (χ3v) is 4.83. The lowest BCUT2D eigenvalue weighted by molar-refractivity contribution is -0.142. The summed E-state index contributed by atoms with van der Waals surface area (Å²) >= 11 is 1.47. The Kier molecular flexibility index (Phi) is 3.45. The summed E-state index contributed by atoms with van der Waals surface area (Å²) in [5, 5.41) is 15.3. The molecule has 1 heterocycles. The Morgan fingerprint density at radius 2 is 1.95 bits per heavy atom. The van der Waals surface area contributed by atoms with Crippen LogP contribution in [0.3, 0.4) is 0 Å². The first-order chi connectivity index (χ1) is 9.96. The van der Waals surface area contributed by atoms with Crippen molar-refractivity contribution >= 4 is 22.4 Å². The van der Waals surface area contributed by atoms with E-state index in [0.717, 1.165) is 18.0 Å². The van der Waals surface area contributed by atoms with Crippen LogP contribution in [0.5, 0.6) is 0 Å². The molecule has 1 aliphatic carbocycles. The molecule has 4 nitrogen and oxygen atoms in total. The smallest absolute Gasteiger partial charge is 0.315 e. The van der Waals surface area contributed by atoms with E-state index in [9.17, 15) is 9.90 Å². The van der Waals surface area contributed by atoms with Crippen molar-refractivity contribution in [2.24, 2.45) is 0 Å². The molecule has 0 unspecified atom stereocenters. The molecule has 0 fully saturated rings. The number of thiazole rings is 1. The summed E-state index contributed by atoms with van der Waals surface area (Å²) in [4.78, 5) is 15.7. The van der Waals surface area contributed by atoms with E-state index in [1.807, 2.05) is 5.38 Å². The van der Waals surface area contributed by atoms with Gasteiger partial charge in [-0.25, -0.2) is 4.98 Å². The number of hydrogen-bond acceptors (Lipinski definition) is 4. The Hall–Kier alpha value is -1.88. The highest BCUT2D eigenvalue weighted by Crippen LogP contribution is 2.30. The number of rotatable bonds is 4. The van der Waals surface area contributed by atoms with Crippen molar-refractivity contribution in [2.45, 2.75) is 38.1 Å². The maximum atomic E-state index is 11.3. The van der Waals surface area contributed by atoms with Crippen LogP contribution in [0.25, 0.3) is 0 Å². The molecule has 2 N–H and O–H groups in total. The molecule has 5 heteroatoms. The minimum atomic E-state index is -0.949. The van der Waals surface area contributed by atoms with Crippen molar-refractivity contribution in [3.05, 3.63) is 46.5 Å². The van der Waals surface area contributed by atoms with Crippen molar-refractivity contribution in [2.75, 3.05) is 5.32 Å². The largest absolute Gasteiger partial charge is 0.481 e. The number of nitrogens with one attached hydrogen (secondary N) is 1. The van der Waals surface area contributed by atoms with E-state index in [2.05, 4.69) is 34.6 Å². The first-order valence-electron chi connectivity index (χ1n) is 6.99. The normalized spacial score (nSPS) is 15.0. The fraction of sp³-hybridized carbons (Fsp3) is 0.375. The summed E-state index contributed by atoms with van der Waals surface area (Å²) in [5.74, 6) is -0.854. The maximum Gasteiger partial charge on any atom is 0.315 e. The van der Waals surface area contributed by atoms with Gasteiger partial charge in [-0.2, -0.15) is 0 Å². The van der Waals surface area contributed by atoms with Gasteiger partial charge in [0.1, 0.15) is 5.41 Å². The SMILES string of the molecule is CC(C)(C(=O)O)c1csc(NC2Cc3ccccc3C2)n1. The summed E-state index contributed by atoms with van der Waals surface area (Å²) in [6, 6.07) is 8.81. The Morgan fingerprint density at radius 3 is 2.52 bits per heavy atom. The Labute approximate surface area is 127 Å². The lowest BCUT2D eigenvalue weighted by atomic mass is 9.90. The van der Waals surface area contributed by atoms with E-state index < -0.39 is 11.4 Å². The molecule has 21 heavy (non-hydrogen) atoms. The average molecular weight is 302 g/mol. The van der Waals surface area contributed by atoms with E-state index in [-0.39, 0.29) is 0 Å². The van der Waals surface area contributed by atoms with Gasteiger partial charge in [-0.15, -0.1) is 11.3 Å². The van der Waals surface area contributed by atoms with Crippen LogP contribution in [0.15, 0.2) is 29.6 Å². The Morgan fingerprint density at radius 1 is 1.33 bits per heavy atom. The monoisotopic (exact) mass is 302 g/mol. The topological polar surface area (TPSA) is 62.2 Å². The molecule has 3 rings (SSSR count). The van der Waals surface area contributed by atoms with Gasteiger partial charge in [-0.3, -0.25) is 4.79 Å². The summed E-state index contributed by atoms with van der Waals surface area (Å²) in [5.41, 5.74) is 2.43. The lowest BCUT2D eigenvalue weighted by Gasteiger charge is -2.16. The van der Waals surface area contributed by atoms with E-state index >= 15 is 0 Å². The van der Waals surface area contributed by atoms with Crippen LogP contribution in [0, 0.1) is 0 Å². The first kappa shape index (κ1) is 14.1. The second-order valence-electron chi connectivity index (χ2n) is 5.99.